The summed E-state index contributed by atoms with van der Waals surface area (Å²) in [5.41, 5.74) is -0.958. The molecule has 1 aliphatic heterocycles. The smallest absolute Gasteiger partial charge is 0.423 e. The average molecular weight is 360 g/mol. The maximum Gasteiger partial charge on any atom is 0.573 e. The van der Waals surface area contributed by atoms with Crippen molar-refractivity contribution in [1.29, 1.82) is 0 Å². The first-order chi connectivity index (χ1) is 11.3. The molecule has 0 atom stereocenters. The van der Waals surface area contributed by atoms with Crippen LogP contribution in [0.2, 0.25) is 0 Å². The Balaban J connectivity index is 2.35. The number of ether oxygens (including phenoxy) is 2. The van der Waals surface area contributed by atoms with Crippen LogP contribution in [0.15, 0.2) is 18.2 Å². The second kappa shape index (κ2) is 6.53. The Morgan fingerprint density at radius 3 is 2.16 bits per heavy atom. The lowest BCUT2D eigenvalue weighted by Crippen LogP contribution is -2.41. The van der Waals surface area contributed by atoms with E-state index in [-0.39, 0.29) is 12.2 Å². The minimum Gasteiger partial charge on any atom is -0.423 e. The van der Waals surface area contributed by atoms with Gasteiger partial charge in [0.1, 0.15) is 0 Å². The molecule has 0 amide bonds. The van der Waals surface area contributed by atoms with Gasteiger partial charge in [0.15, 0.2) is 11.5 Å². The van der Waals surface area contributed by atoms with Gasteiger partial charge >= 0.3 is 19.5 Å². The molecule has 1 aromatic rings. The molecule has 0 N–H and O–H groups in total. The van der Waals surface area contributed by atoms with Gasteiger partial charge in [0.25, 0.3) is 0 Å². The largest absolute Gasteiger partial charge is 0.573 e. The lowest BCUT2D eigenvalue weighted by atomic mass is 9.79. The van der Waals surface area contributed by atoms with Crippen molar-refractivity contribution < 1.29 is 36.7 Å². The Kier molecular flexibility index (Phi) is 5.12. The lowest BCUT2D eigenvalue weighted by molar-refractivity contribution is -0.275. The zero-order valence-electron chi connectivity index (χ0n) is 14.7. The first-order valence-corrected chi connectivity index (χ1v) is 7.80. The topological polar surface area (TPSA) is 54.0 Å². The van der Waals surface area contributed by atoms with Crippen molar-refractivity contribution in [2.75, 3.05) is 0 Å². The Morgan fingerprint density at radius 1 is 1.12 bits per heavy atom. The van der Waals surface area contributed by atoms with E-state index < -0.39 is 36.4 Å². The molecule has 5 nitrogen and oxygen atoms in total. The number of hydrogen-bond donors (Lipinski definition) is 0. The first-order valence-electron chi connectivity index (χ1n) is 7.80. The van der Waals surface area contributed by atoms with E-state index in [1.165, 1.54) is 19.1 Å². The third-order valence-corrected chi connectivity index (χ3v) is 4.23. The van der Waals surface area contributed by atoms with Gasteiger partial charge in [-0.3, -0.25) is 4.79 Å². The summed E-state index contributed by atoms with van der Waals surface area (Å²) >= 11 is 0. The first kappa shape index (κ1) is 19.6. The summed E-state index contributed by atoms with van der Waals surface area (Å²) in [4.78, 5) is 11.4. The Bertz CT molecular complexity index is 642. The molecular weight excluding hydrogens is 340 g/mol. The van der Waals surface area contributed by atoms with Gasteiger partial charge in [0.05, 0.1) is 11.2 Å². The summed E-state index contributed by atoms with van der Waals surface area (Å²) in [6.07, 6.45) is -4.91. The van der Waals surface area contributed by atoms with Crippen LogP contribution < -0.4 is 14.9 Å². The van der Waals surface area contributed by atoms with Crippen LogP contribution in [0.25, 0.3) is 0 Å². The molecular formula is C16H20BF3O5. The molecule has 0 radical (unpaired) electrons. The standard InChI is InChI=1S/C16H20BF3O5/c1-6-13(21)22-11-8-7-10(9-12(11)23-16(18,19)20)17-24-14(2,3)15(4,5)25-17/h7-9H,6H2,1-5H3. The van der Waals surface area contributed by atoms with E-state index in [1.807, 2.05) is 27.7 Å². The van der Waals surface area contributed by atoms with Gasteiger partial charge in [-0.1, -0.05) is 13.0 Å². The number of esters is 1. The van der Waals surface area contributed by atoms with Gasteiger partial charge in [-0.25, -0.2) is 0 Å². The van der Waals surface area contributed by atoms with Gasteiger partial charge in [0.2, 0.25) is 0 Å². The van der Waals surface area contributed by atoms with Crippen molar-refractivity contribution in [3.63, 3.8) is 0 Å². The second-order valence-electron chi connectivity index (χ2n) is 6.67. The Labute approximate surface area is 144 Å². The third kappa shape index (κ3) is 4.46. The zero-order valence-corrected chi connectivity index (χ0v) is 14.7. The molecule has 9 heteroatoms. The summed E-state index contributed by atoms with van der Waals surface area (Å²) in [5, 5.41) is 0. The quantitative estimate of drug-likeness (QED) is 0.469. The number of halogens is 3. The highest BCUT2D eigenvalue weighted by atomic mass is 19.4. The summed E-state index contributed by atoms with van der Waals surface area (Å²) < 4.78 is 58.5. The summed E-state index contributed by atoms with van der Waals surface area (Å²) in [5.74, 6) is -1.61. The highest BCUT2D eigenvalue weighted by molar-refractivity contribution is 6.62. The van der Waals surface area contributed by atoms with Gasteiger partial charge in [-0.2, -0.15) is 0 Å². The van der Waals surface area contributed by atoms with Crippen LogP contribution in [0.5, 0.6) is 11.5 Å². The van der Waals surface area contributed by atoms with Crippen molar-refractivity contribution >= 4 is 18.6 Å². The number of rotatable bonds is 4. The molecule has 0 aromatic heterocycles. The lowest BCUT2D eigenvalue weighted by Gasteiger charge is -2.32. The molecule has 2 rings (SSSR count). The summed E-state index contributed by atoms with van der Waals surface area (Å²) in [6, 6.07) is 3.81. The molecule has 138 valence electrons. The normalized spacial score (nSPS) is 19.0. The van der Waals surface area contributed by atoms with E-state index in [0.717, 1.165) is 6.07 Å². The zero-order chi connectivity index (χ0) is 19.0. The van der Waals surface area contributed by atoms with Crippen LogP contribution in [0, 0.1) is 0 Å². The molecule has 0 bridgehead atoms. The van der Waals surface area contributed by atoms with Crippen LogP contribution in [0.1, 0.15) is 41.0 Å². The molecule has 0 aliphatic carbocycles. The second-order valence-corrected chi connectivity index (χ2v) is 6.67. The van der Waals surface area contributed by atoms with Crippen molar-refractivity contribution in [2.24, 2.45) is 0 Å². The molecule has 0 unspecified atom stereocenters. The number of carbonyl (C=O) groups is 1. The van der Waals surface area contributed by atoms with Gasteiger partial charge in [-0.15, -0.1) is 13.2 Å². The van der Waals surface area contributed by atoms with Crippen LogP contribution >= 0.6 is 0 Å². The van der Waals surface area contributed by atoms with Gasteiger partial charge in [-0.05, 0) is 45.3 Å². The predicted molar refractivity (Wildman–Crippen MR) is 84.8 cm³/mol. The fraction of sp³-hybridized carbons (Fsp3) is 0.562. The van der Waals surface area contributed by atoms with Gasteiger partial charge < -0.3 is 18.8 Å². The highest BCUT2D eigenvalue weighted by Crippen LogP contribution is 2.38. The third-order valence-electron chi connectivity index (χ3n) is 4.23. The fourth-order valence-corrected chi connectivity index (χ4v) is 2.13. The van der Waals surface area contributed by atoms with Crippen molar-refractivity contribution in [2.45, 2.75) is 58.6 Å². The van der Waals surface area contributed by atoms with Crippen molar-refractivity contribution in [3.8, 4) is 11.5 Å². The molecule has 0 spiro atoms. The fourth-order valence-electron chi connectivity index (χ4n) is 2.13. The van der Waals surface area contributed by atoms with Crippen molar-refractivity contribution in [3.05, 3.63) is 18.2 Å². The molecule has 1 fully saturated rings. The minimum absolute atomic E-state index is 0.0183. The van der Waals surface area contributed by atoms with Crippen LogP contribution in [0.4, 0.5) is 13.2 Å². The van der Waals surface area contributed by atoms with E-state index in [1.54, 1.807) is 0 Å². The molecule has 0 saturated carbocycles. The number of alkyl halides is 3. The van der Waals surface area contributed by atoms with E-state index in [0.29, 0.717) is 5.46 Å². The Hall–Kier alpha value is -1.74. The summed E-state index contributed by atoms with van der Waals surface area (Å²) in [6.45, 7) is 8.86. The van der Waals surface area contributed by atoms with Crippen molar-refractivity contribution in [1.82, 2.24) is 0 Å². The molecule has 1 aliphatic rings. The van der Waals surface area contributed by atoms with E-state index in [9.17, 15) is 18.0 Å². The van der Waals surface area contributed by atoms with E-state index >= 15 is 0 Å². The minimum atomic E-state index is -4.93. The van der Waals surface area contributed by atoms with Crippen LogP contribution in [-0.2, 0) is 14.1 Å². The van der Waals surface area contributed by atoms with E-state index in [4.69, 9.17) is 14.0 Å². The number of carbonyl (C=O) groups excluding carboxylic acids is 1. The van der Waals surface area contributed by atoms with Crippen LogP contribution in [-0.4, -0.2) is 30.7 Å². The monoisotopic (exact) mass is 360 g/mol. The number of hydrogen-bond acceptors (Lipinski definition) is 5. The summed E-state index contributed by atoms with van der Waals surface area (Å²) in [7, 11) is -0.864. The maximum atomic E-state index is 12.7. The number of benzene rings is 1. The Morgan fingerprint density at radius 2 is 1.68 bits per heavy atom. The highest BCUT2D eigenvalue weighted by Gasteiger charge is 2.52. The average Bonchev–Trinajstić information content (AvgIpc) is 2.67. The predicted octanol–water partition coefficient (Wildman–Crippen LogP) is 3.20. The molecule has 1 heterocycles. The maximum absolute atomic E-state index is 12.7. The SMILES string of the molecule is CCC(=O)Oc1ccc(B2OC(C)(C)C(C)(C)O2)cc1OC(F)(F)F. The van der Waals surface area contributed by atoms with Gasteiger partial charge in [0, 0.05) is 6.42 Å². The van der Waals surface area contributed by atoms with E-state index in [2.05, 4.69) is 4.74 Å². The molecule has 1 saturated heterocycles. The molecule has 1 aromatic carbocycles. The van der Waals surface area contributed by atoms with Crippen LogP contribution in [0.3, 0.4) is 0 Å². The molecule has 25 heavy (non-hydrogen) atoms.